The van der Waals surface area contributed by atoms with E-state index >= 15 is 0 Å². The predicted octanol–water partition coefficient (Wildman–Crippen LogP) is 2.03. The lowest BCUT2D eigenvalue weighted by atomic mass is 9.85. The Morgan fingerprint density at radius 1 is 1.15 bits per heavy atom. The standard InChI is InChI=1S/C26H26N10O4/c1-12(37)20-21(14-6-15-3-4-16(7-14)35(15)25(38)23-29-11-30-34-23)33-24-17(9-31-36(24)22(20)27)13-2-5-18(28-8-13)19-10-40-26(39)32-19/h2,5,8-9,11,14-16,19H,3-4,6-7,10,27H2,1H3,(H,32,39)(H,29,30,34)/t14-,15+,16-,19-/m1/s1. The maximum Gasteiger partial charge on any atom is 0.407 e. The largest absolute Gasteiger partial charge is 0.447 e. The number of H-pyrrole nitrogens is 1. The van der Waals surface area contributed by atoms with E-state index in [1.165, 1.54) is 17.8 Å². The maximum absolute atomic E-state index is 13.1. The van der Waals surface area contributed by atoms with Crippen molar-refractivity contribution in [1.29, 1.82) is 0 Å². The maximum atomic E-state index is 13.1. The molecule has 2 bridgehead atoms. The SMILES string of the molecule is CC(=O)c1c([C@H]2C[C@H]3CC[C@@H](C2)N3C(=O)c2nnc[nH]2)nc2c(-c3ccc([C@H]4COC(=O)N4)nc3)cnn2c1N. The number of aromatic nitrogens is 7. The Balaban J connectivity index is 1.24. The van der Waals surface area contributed by atoms with Crippen LogP contribution in [0.1, 0.15) is 76.9 Å². The van der Waals surface area contributed by atoms with Gasteiger partial charge in [0.1, 0.15) is 24.8 Å². The number of nitrogens with two attached hydrogens (primary N) is 1. The smallest absolute Gasteiger partial charge is 0.407 e. The number of fused-ring (bicyclic) bond motifs is 3. The van der Waals surface area contributed by atoms with Crippen molar-refractivity contribution in [3.63, 3.8) is 0 Å². The van der Waals surface area contributed by atoms with Crippen molar-refractivity contribution in [2.24, 2.45) is 0 Å². The molecule has 0 unspecified atom stereocenters. The van der Waals surface area contributed by atoms with Crippen molar-refractivity contribution in [2.45, 2.75) is 56.7 Å². The number of piperidine rings is 1. The molecular weight excluding hydrogens is 516 g/mol. The molecule has 4 aromatic heterocycles. The Hall–Kier alpha value is -4.88. The predicted molar refractivity (Wildman–Crippen MR) is 139 cm³/mol. The summed E-state index contributed by atoms with van der Waals surface area (Å²) in [5.41, 5.74) is 10.2. The number of ketones is 1. The van der Waals surface area contributed by atoms with Crippen molar-refractivity contribution in [1.82, 2.24) is 45.0 Å². The number of alkyl carbamates (subject to hydrolysis) is 1. The minimum Gasteiger partial charge on any atom is -0.447 e. The first-order chi connectivity index (χ1) is 19.4. The third-order valence-corrected chi connectivity index (χ3v) is 8.16. The van der Waals surface area contributed by atoms with Crippen LogP contribution in [-0.2, 0) is 4.74 Å². The molecule has 4 atom stereocenters. The fourth-order valence-electron chi connectivity index (χ4n) is 6.37. The van der Waals surface area contributed by atoms with Crippen LogP contribution in [0.2, 0.25) is 0 Å². The Morgan fingerprint density at radius 2 is 1.95 bits per heavy atom. The van der Waals surface area contributed by atoms with Gasteiger partial charge in [0.2, 0.25) is 5.82 Å². The summed E-state index contributed by atoms with van der Waals surface area (Å²) in [5, 5.41) is 14.8. The molecule has 14 nitrogen and oxygen atoms in total. The van der Waals surface area contributed by atoms with Crippen molar-refractivity contribution in [3.05, 3.63) is 53.6 Å². The van der Waals surface area contributed by atoms with E-state index in [1.807, 2.05) is 17.0 Å². The molecule has 14 heteroatoms. The Bertz CT molecular complexity index is 1630. The number of hydrogen-bond acceptors (Lipinski definition) is 10. The number of carbonyl (C=O) groups excluding carboxylic acids is 3. The number of cyclic esters (lactones) is 1. The Labute approximate surface area is 227 Å². The van der Waals surface area contributed by atoms with Gasteiger partial charge in [-0.2, -0.15) is 9.61 Å². The summed E-state index contributed by atoms with van der Waals surface area (Å²) in [6.45, 7) is 1.71. The molecule has 3 aliphatic heterocycles. The lowest BCUT2D eigenvalue weighted by Gasteiger charge is -2.38. The molecule has 0 aromatic carbocycles. The Morgan fingerprint density at radius 3 is 2.58 bits per heavy atom. The van der Waals surface area contributed by atoms with E-state index < -0.39 is 6.09 Å². The fraction of sp³-hybridized carbons (Fsp3) is 0.385. The lowest BCUT2D eigenvalue weighted by Crippen LogP contribution is -2.46. The highest BCUT2D eigenvalue weighted by Crippen LogP contribution is 2.45. The van der Waals surface area contributed by atoms with Crippen molar-refractivity contribution in [3.8, 4) is 11.1 Å². The minimum absolute atomic E-state index is 0.00147. The zero-order valence-electron chi connectivity index (χ0n) is 21.6. The van der Waals surface area contributed by atoms with Gasteiger partial charge in [-0.05, 0) is 38.7 Å². The summed E-state index contributed by atoms with van der Waals surface area (Å²) in [4.78, 5) is 51.6. The number of anilines is 1. The molecule has 4 N–H and O–H groups in total. The molecule has 4 aromatic rings. The number of Topliss-reactive ketones (excluding diaryl/α,β-unsaturated/α-hetero) is 1. The van der Waals surface area contributed by atoms with Crippen molar-refractivity contribution in [2.75, 3.05) is 12.3 Å². The van der Waals surface area contributed by atoms with Crippen LogP contribution < -0.4 is 11.1 Å². The van der Waals surface area contributed by atoms with Gasteiger partial charge in [-0.1, -0.05) is 6.07 Å². The van der Waals surface area contributed by atoms with Gasteiger partial charge in [0, 0.05) is 35.3 Å². The van der Waals surface area contributed by atoms with E-state index in [1.54, 1.807) is 12.4 Å². The molecular formula is C26H26N10O4. The third-order valence-electron chi connectivity index (χ3n) is 8.16. The summed E-state index contributed by atoms with van der Waals surface area (Å²) in [5.74, 6) is 0.0718. The number of amides is 2. The Kier molecular flexibility index (Phi) is 5.50. The molecule has 3 fully saturated rings. The molecule has 0 saturated carbocycles. The van der Waals surface area contributed by atoms with E-state index in [9.17, 15) is 14.4 Å². The van der Waals surface area contributed by atoms with E-state index in [-0.39, 0.29) is 54.0 Å². The highest BCUT2D eigenvalue weighted by atomic mass is 16.6. The average Bonchev–Trinajstić information content (AvgIpc) is 3.75. The lowest BCUT2D eigenvalue weighted by molar-refractivity contribution is 0.0556. The van der Waals surface area contributed by atoms with Crippen LogP contribution in [0.25, 0.3) is 16.8 Å². The minimum atomic E-state index is -0.464. The number of hydrogen-bond donors (Lipinski definition) is 3. The van der Waals surface area contributed by atoms with Crippen LogP contribution in [0.3, 0.4) is 0 Å². The molecule has 2 amide bonds. The second kappa shape index (κ2) is 9.10. The van der Waals surface area contributed by atoms with E-state index in [0.717, 1.165) is 24.0 Å². The monoisotopic (exact) mass is 542 g/mol. The molecule has 3 aliphatic rings. The van der Waals surface area contributed by atoms with Gasteiger partial charge >= 0.3 is 6.09 Å². The van der Waals surface area contributed by atoms with E-state index in [2.05, 4.69) is 30.6 Å². The highest BCUT2D eigenvalue weighted by Gasteiger charge is 2.45. The van der Waals surface area contributed by atoms with Gasteiger partial charge in [0.25, 0.3) is 5.91 Å². The summed E-state index contributed by atoms with van der Waals surface area (Å²) < 4.78 is 6.46. The first-order valence-corrected chi connectivity index (χ1v) is 13.2. The van der Waals surface area contributed by atoms with Gasteiger partial charge in [0.05, 0.1) is 23.1 Å². The van der Waals surface area contributed by atoms with Crippen LogP contribution in [0.15, 0.2) is 30.9 Å². The van der Waals surface area contributed by atoms with Crippen molar-refractivity contribution >= 4 is 29.2 Å². The molecule has 7 heterocycles. The molecule has 0 aliphatic carbocycles. The second-order valence-electron chi connectivity index (χ2n) is 10.5. The van der Waals surface area contributed by atoms with E-state index in [0.29, 0.717) is 35.4 Å². The average molecular weight is 543 g/mol. The molecule has 7 rings (SSSR count). The number of nitrogens with zero attached hydrogens (tertiary/aromatic N) is 7. The number of nitrogen functional groups attached to an aromatic ring is 1. The number of rotatable bonds is 5. The summed E-state index contributed by atoms with van der Waals surface area (Å²) in [6.07, 6.45) is 7.35. The topological polar surface area (TPSA) is 186 Å². The molecule has 0 radical (unpaired) electrons. The number of pyridine rings is 1. The summed E-state index contributed by atoms with van der Waals surface area (Å²) in [7, 11) is 0. The second-order valence-corrected chi connectivity index (χ2v) is 10.5. The number of ether oxygens (including phenoxy) is 1. The first-order valence-electron chi connectivity index (χ1n) is 13.2. The van der Waals surface area contributed by atoms with Crippen LogP contribution in [0, 0.1) is 0 Å². The summed E-state index contributed by atoms with van der Waals surface area (Å²) in [6, 6.07) is 3.41. The summed E-state index contributed by atoms with van der Waals surface area (Å²) >= 11 is 0. The van der Waals surface area contributed by atoms with Crippen molar-refractivity contribution < 1.29 is 19.1 Å². The zero-order chi connectivity index (χ0) is 27.5. The number of aromatic amines is 1. The molecule has 0 spiro atoms. The molecule has 3 saturated heterocycles. The van der Waals surface area contributed by atoms with Gasteiger partial charge in [0.15, 0.2) is 11.4 Å². The van der Waals surface area contributed by atoms with Gasteiger partial charge < -0.3 is 25.7 Å². The first kappa shape index (κ1) is 24.2. The van der Waals surface area contributed by atoms with Crippen LogP contribution >= 0.6 is 0 Å². The zero-order valence-corrected chi connectivity index (χ0v) is 21.6. The number of carbonyl (C=O) groups is 3. The van der Waals surface area contributed by atoms with Gasteiger partial charge in [-0.25, -0.2) is 9.78 Å². The quantitative estimate of drug-likeness (QED) is 0.315. The van der Waals surface area contributed by atoms with Gasteiger partial charge in [-0.15, -0.1) is 10.2 Å². The van der Waals surface area contributed by atoms with E-state index in [4.69, 9.17) is 15.5 Å². The van der Waals surface area contributed by atoms with Gasteiger partial charge in [-0.3, -0.25) is 14.6 Å². The molecule has 40 heavy (non-hydrogen) atoms. The molecule has 204 valence electrons. The third kappa shape index (κ3) is 3.78. The highest BCUT2D eigenvalue weighted by molar-refractivity contribution is 6.00. The fourth-order valence-corrected chi connectivity index (χ4v) is 6.37. The van der Waals surface area contributed by atoms with Crippen LogP contribution in [-0.4, -0.2) is 76.1 Å². The normalized spacial score (nSPS) is 23.8. The van der Waals surface area contributed by atoms with Crippen LogP contribution in [0.4, 0.5) is 10.6 Å². The van der Waals surface area contributed by atoms with Crippen LogP contribution in [0.5, 0.6) is 0 Å². The number of nitrogens with one attached hydrogen (secondary N) is 2.